The van der Waals surface area contributed by atoms with Gasteiger partial charge in [0.1, 0.15) is 0 Å². The Morgan fingerprint density at radius 3 is 1.81 bits per heavy atom. The largest absolute Gasteiger partial charge is 2.00 e. The van der Waals surface area contributed by atoms with Crippen molar-refractivity contribution >= 4 is 0 Å². The Balaban J connectivity index is 0.000000318. The van der Waals surface area contributed by atoms with E-state index in [1.54, 1.807) is 0 Å². The summed E-state index contributed by atoms with van der Waals surface area (Å²) in [6, 6.07) is 0. The summed E-state index contributed by atoms with van der Waals surface area (Å²) in [5, 5.41) is 0. The van der Waals surface area contributed by atoms with E-state index in [1.807, 2.05) is 38.2 Å². The first-order chi connectivity index (χ1) is 7.34. The molecule has 1 heteroatoms. The first kappa shape index (κ1) is 16.3. The smallest absolute Gasteiger partial charge is 0.103 e. The first-order valence-corrected chi connectivity index (χ1v) is 5.33. The Morgan fingerprint density at radius 2 is 1.44 bits per heavy atom. The summed E-state index contributed by atoms with van der Waals surface area (Å²) in [7, 11) is 0. The minimum Gasteiger partial charge on any atom is -0.103 e. The Morgan fingerprint density at radius 1 is 1.00 bits per heavy atom. The fraction of sp³-hybridized carbons (Fsp3) is 0.200. The molecule has 0 aromatic heterocycles. The van der Waals surface area contributed by atoms with Gasteiger partial charge in [-0.25, -0.2) is 0 Å². The minimum absolute atomic E-state index is 0. The van der Waals surface area contributed by atoms with E-state index in [9.17, 15) is 0 Å². The van der Waals surface area contributed by atoms with Gasteiger partial charge in [0.2, 0.25) is 0 Å². The van der Waals surface area contributed by atoms with Gasteiger partial charge in [-0.2, -0.15) is 0 Å². The number of hydrogen-bond donors (Lipinski definition) is 0. The first-order valence-electron chi connectivity index (χ1n) is 5.33. The summed E-state index contributed by atoms with van der Waals surface area (Å²) in [4.78, 5) is 0. The molecule has 2 saturated carbocycles. The molecule has 2 aliphatic carbocycles. The van der Waals surface area contributed by atoms with Crippen molar-refractivity contribution in [1.29, 1.82) is 0 Å². The van der Waals surface area contributed by atoms with Crippen LogP contribution in [0.3, 0.4) is 0 Å². The molecule has 84 valence electrons. The molecule has 2 rings (SSSR count). The Hall–Kier alpha value is 0.259. The molecule has 0 saturated heterocycles. The van der Waals surface area contributed by atoms with E-state index in [4.69, 9.17) is 0 Å². The monoisotopic (exact) mass is 254 g/mol. The molecule has 0 spiro atoms. The molecule has 0 aromatic carbocycles. The third kappa shape index (κ3) is 6.76. The van der Waals surface area contributed by atoms with Crippen LogP contribution in [0.5, 0.6) is 0 Å². The fourth-order valence-corrected chi connectivity index (χ4v) is 1.42. The number of rotatable bonds is 3. The quantitative estimate of drug-likeness (QED) is 0.533. The van der Waals surface area contributed by atoms with Gasteiger partial charge < -0.3 is 0 Å². The average Bonchev–Trinajstić information content (AvgIpc) is 2.95. The molecule has 0 unspecified atom stereocenters. The second-order valence-electron chi connectivity index (χ2n) is 3.61. The summed E-state index contributed by atoms with van der Waals surface area (Å²) >= 11 is 0. The van der Waals surface area contributed by atoms with Crippen LogP contribution in [0, 0.1) is 69.6 Å². The van der Waals surface area contributed by atoms with Crippen molar-refractivity contribution in [2.45, 2.75) is 13.3 Å². The van der Waals surface area contributed by atoms with Gasteiger partial charge in [0.25, 0.3) is 0 Å². The third-order valence-corrected chi connectivity index (χ3v) is 2.33. The molecule has 2 fully saturated rings. The number of allylic oxidation sites excluding steroid dienone is 1. The molecule has 0 heterocycles. The van der Waals surface area contributed by atoms with Crippen molar-refractivity contribution in [1.82, 2.24) is 0 Å². The van der Waals surface area contributed by atoms with Gasteiger partial charge in [-0.1, -0.05) is 13.0 Å². The summed E-state index contributed by atoms with van der Waals surface area (Å²) in [5.74, 6) is 2.05. The van der Waals surface area contributed by atoms with Gasteiger partial charge >= 0.3 is 17.1 Å². The van der Waals surface area contributed by atoms with Gasteiger partial charge in [-0.05, 0) is 76.0 Å². The van der Waals surface area contributed by atoms with E-state index in [0.29, 0.717) is 5.92 Å². The second kappa shape index (κ2) is 10.4. The number of hydrogen-bond acceptors (Lipinski definition) is 0. The van der Waals surface area contributed by atoms with Gasteiger partial charge in [0.15, 0.2) is 0 Å². The van der Waals surface area contributed by atoms with Crippen LogP contribution in [0.1, 0.15) is 13.3 Å². The maximum absolute atomic E-state index is 3.71. The van der Waals surface area contributed by atoms with Crippen molar-refractivity contribution in [2.75, 3.05) is 0 Å². The van der Waals surface area contributed by atoms with Crippen LogP contribution in [0.4, 0.5) is 0 Å². The van der Waals surface area contributed by atoms with Crippen LogP contribution in [-0.4, -0.2) is 0 Å². The summed E-state index contributed by atoms with van der Waals surface area (Å²) in [6.07, 6.45) is 21.5. The average molecular weight is 254 g/mol. The minimum atomic E-state index is 0. The molecular formula is C15H18Fe+2. The normalized spacial score (nSPS) is 21.8. The van der Waals surface area contributed by atoms with Gasteiger partial charge in [0, 0.05) is 0 Å². The molecule has 0 nitrogen and oxygen atoms in total. The van der Waals surface area contributed by atoms with Crippen molar-refractivity contribution in [2.24, 2.45) is 5.92 Å². The fourth-order valence-electron chi connectivity index (χ4n) is 1.42. The molecular weight excluding hydrogens is 236 g/mol. The summed E-state index contributed by atoms with van der Waals surface area (Å²) in [6.45, 7) is 5.93. The van der Waals surface area contributed by atoms with E-state index in [0.717, 1.165) is 6.42 Å². The standard InChI is InChI=1S/C10H13.C5H5.Fe/c1-3-6-9(2)10-7-4-5-8-10;1-2-4-5-3-1;/h3-5,7-9H,1,6H2,2H3;1-5H;/q;;+2/t9-;;/m1../s1. The topological polar surface area (TPSA) is 0 Å². The molecule has 1 atom stereocenters. The molecule has 0 amide bonds. The Kier molecular flexibility index (Phi) is 10.6. The Bertz CT molecular complexity index is 147. The maximum atomic E-state index is 3.71. The van der Waals surface area contributed by atoms with Crippen LogP contribution >= 0.6 is 0 Å². The van der Waals surface area contributed by atoms with Crippen LogP contribution in [0.25, 0.3) is 0 Å². The van der Waals surface area contributed by atoms with Crippen molar-refractivity contribution < 1.29 is 17.1 Å². The van der Waals surface area contributed by atoms with Gasteiger partial charge in [-0.3, -0.25) is 0 Å². The van der Waals surface area contributed by atoms with E-state index >= 15 is 0 Å². The van der Waals surface area contributed by atoms with Crippen LogP contribution in [0.15, 0.2) is 12.7 Å². The van der Waals surface area contributed by atoms with Crippen molar-refractivity contribution in [3.8, 4) is 0 Å². The second-order valence-corrected chi connectivity index (χ2v) is 3.61. The molecule has 0 bridgehead atoms. The van der Waals surface area contributed by atoms with E-state index in [1.165, 1.54) is 5.92 Å². The van der Waals surface area contributed by atoms with Gasteiger partial charge in [-0.15, -0.1) is 6.58 Å². The third-order valence-electron chi connectivity index (χ3n) is 2.33. The van der Waals surface area contributed by atoms with Crippen LogP contribution in [0.2, 0.25) is 0 Å². The Labute approximate surface area is 113 Å². The van der Waals surface area contributed by atoms with Crippen molar-refractivity contribution in [3.63, 3.8) is 0 Å². The van der Waals surface area contributed by atoms with Gasteiger partial charge in [0.05, 0.1) is 0 Å². The van der Waals surface area contributed by atoms with Crippen LogP contribution < -0.4 is 0 Å². The van der Waals surface area contributed by atoms with E-state index in [2.05, 4.69) is 39.2 Å². The zero-order valence-corrected chi connectivity index (χ0v) is 10.7. The maximum Gasteiger partial charge on any atom is 2.00 e. The molecule has 16 heavy (non-hydrogen) atoms. The SMILES string of the molecule is C=CC[C@@H](C)[C]1[CH][CH][CH][CH]1.[CH]1[CH][CH][CH][CH]1.[Fe+2]. The van der Waals surface area contributed by atoms with E-state index in [-0.39, 0.29) is 17.1 Å². The molecule has 2 aliphatic rings. The molecule has 10 radical (unpaired) electrons. The van der Waals surface area contributed by atoms with Crippen molar-refractivity contribution in [3.05, 3.63) is 76.4 Å². The zero-order chi connectivity index (χ0) is 10.9. The summed E-state index contributed by atoms with van der Waals surface area (Å²) < 4.78 is 0. The predicted octanol–water partition coefficient (Wildman–Crippen LogP) is 3.62. The van der Waals surface area contributed by atoms with E-state index < -0.39 is 0 Å². The summed E-state index contributed by atoms with van der Waals surface area (Å²) in [5.41, 5.74) is 0. The molecule has 0 N–H and O–H groups in total. The zero-order valence-electron chi connectivity index (χ0n) is 9.62. The van der Waals surface area contributed by atoms with Crippen LogP contribution in [-0.2, 0) is 17.1 Å². The molecule has 0 aliphatic heterocycles. The predicted molar refractivity (Wildman–Crippen MR) is 65.9 cm³/mol. The molecule has 0 aromatic rings.